The fraction of sp³-hybridized carbons (Fsp3) is 0.174. The minimum atomic E-state index is 0.276. The van der Waals surface area contributed by atoms with Gasteiger partial charge in [0.1, 0.15) is 5.75 Å². The van der Waals surface area contributed by atoms with Crippen molar-refractivity contribution in [2.75, 3.05) is 31.1 Å². The van der Waals surface area contributed by atoms with E-state index in [-0.39, 0.29) is 5.75 Å². The van der Waals surface area contributed by atoms with Crippen LogP contribution in [0, 0.1) is 0 Å². The molecule has 28 heavy (non-hydrogen) atoms. The number of piperazine rings is 1. The average molecular weight is 370 g/mol. The lowest BCUT2D eigenvalue weighted by Crippen LogP contribution is -2.43. The Bertz CT molecular complexity index is 1090. The van der Waals surface area contributed by atoms with Crippen LogP contribution < -0.4 is 10.2 Å². The van der Waals surface area contributed by atoms with Gasteiger partial charge in [0, 0.05) is 42.8 Å². The third-order valence-electron chi connectivity index (χ3n) is 5.39. The van der Waals surface area contributed by atoms with Crippen LogP contribution in [0.3, 0.4) is 0 Å². The number of hydrogen-bond donors (Lipinski definition) is 3. The summed E-state index contributed by atoms with van der Waals surface area (Å²) in [7, 11) is 0. The number of hydrogen-bond acceptors (Lipinski definition) is 4. The van der Waals surface area contributed by atoms with Gasteiger partial charge in [-0.2, -0.15) is 5.10 Å². The number of phenols is 1. The van der Waals surface area contributed by atoms with E-state index in [0.717, 1.165) is 59.5 Å². The van der Waals surface area contributed by atoms with Crippen LogP contribution in [-0.4, -0.2) is 41.5 Å². The summed E-state index contributed by atoms with van der Waals surface area (Å²) < 4.78 is 0. The van der Waals surface area contributed by atoms with Crippen LogP contribution in [0.1, 0.15) is 0 Å². The number of aromatic amines is 1. The molecule has 1 fully saturated rings. The van der Waals surface area contributed by atoms with E-state index < -0.39 is 0 Å². The van der Waals surface area contributed by atoms with Crippen LogP contribution in [0.4, 0.5) is 5.69 Å². The maximum absolute atomic E-state index is 9.49. The van der Waals surface area contributed by atoms with Gasteiger partial charge in [0.25, 0.3) is 0 Å². The number of aromatic hydroxyl groups is 1. The monoisotopic (exact) mass is 370 g/mol. The third kappa shape index (κ3) is 3.10. The Morgan fingerprint density at radius 1 is 0.786 bits per heavy atom. The summed E-state index contributed by atoms with van der Waals surface area (Å²) in [5.74, 6) is 0.276. The molecule has 0 spiro atoms. The first-order valence-electron chi connectivity index (χ1n) is 9.61. The number of rotatable bonds is 3. The van der Waals surface area contributed by atoms with Gasteiger partial charge in [0.05, 0.1) is 11.2 Å². The van der Waals surface area contributed by atoms with E-state index in [2.05, 4.69) is 62.9 Å². The largest absolute Gasteiger partial charge is 0.508 e. The van der Waals surface area contributed by atoms with Crippen molar-refractivity contribution >= 4 is 16.6 Å². The summed E-state index contributed by atoms with van der Waals surface area (Å²) in [4.78, 5) is 2.41. The van der Waals surface area contributed by atoms with Crippen molar-refractivity contribution < 1.29 is 5.11 Å². The molecule has 0 atom stereocenters. The molecule has 140 valence electrons. The number of nitrogens with zero attached hydrogens (tertiary/aromatic N) is 2. The van der Waals surface area contributed by atoms with Crippen LogP contribution in [-0.2, 0) is 0 Å². The molecular formula is C23H22N4O. The summed E-state index contributed by atoms with van der Waals surface area (Å²) in [5, 5.41) is 21.7. The standard InChI is InChI=1S/C23H22N4O/c28-20-8-3-16(4-9-20)18-5-10-21-22(15-18)25-26-23(21)17-1-6-19(7-2-17)27-13-11-24-12-14-27/h1-10,15,24,28H,11-14H2,(H,25,26). The second-order valence-electron chi connectivity index (χ2n) is 7.16. The second-order valence-corrected chi connectivity index (χ2v) is 7.16. The van der Waals surface area contributed by atoms with Crippen molar-refractivity contribution in [2.24, 2.45) is 0 Å². The van der Waals surface area contributed by atoms with Gasteiger partial charge < -0.3 is 15.3 Å². The minimum absolute atomic E-state index is 0.276. The fourth-order valence-electron chi connectivity index (χ4n) is 3.83. The quantitative estimate of drug-likeness (QED) is 0.510. The zero-order valence-electron chi connectivity index (χ0n) is 15.5. The first-order valence-corrected chi connectivity index (χ1v) is 9.61. The Morgan fingerprint density at radius 2 is 1.46 bits per heavy atom. The van der Waals surface area contributed by atoms with E-state index in [9.17, 15) is 5.11 Å². The maximum Gasteiger partial charge on any atom is 0.115 e. The van der Waals surface area contributed by atoms with Gasteiger partial charge in [-0.15, -0.1) is 0 Å². The number of H-pyrrole nitrogens is 1. The van der Waals surface area contributed by atoms with Crippen molar-refractivity contribution in [1.29, 1.82) is 0 Å². The van der Waals surface area contributed by atoms with E-state index in [1.165, 1.54) is 5.69 Å². The lowest BCUT2D eigenvalue weighted by atomic mass is 10.0. The normalized spacial score (nSPS) is 14.5. The molecule has 3 aromatic carbocycles. The molecule has 1 aliphatic rings. The topological polar surface area (TPSA) is 64.2 Å². The first kappa shape index (κ1) is 16.8. The van der Waals surface area contributed by atoms with E-state index >= 15 is 0 Å². The van der Waals surface area contributed by atoms with Crippen LogP contribution >= 0.6 is 0 Å². The molecule has 0 saturated carbocycles. The van der Waals surface area contributed by atoms with Crippen molar-refractivity contribution in [3.8, 4) is 28.1 Å². The van der Waals surface area contributed by atoms with Gasteiger partial charge in [-0.1, -0.05) is 30.3 Å². The van der Waals surface area contributed by atoms with Gasteiger partial charge in [-0.05, 0) is 47.5 Å². The van der Waals surface area contributed by atoms with E-state index in [1.807, 2.05) is 12.1 Å². The highest BCUT2D eigenvalue weighted by Gasteiger charge is 2.13. The number of fused-ring (bicyclic) bond motifs is 1. The molecule has 4 aromatic rings. The summed E-state index contributed by atoms with van der Waals surface area (Å²) >= 11 is 0. The molecule has 0 amide bonds. The van der Waals surface area contributed by atoms with Crippen molar-refractivity contribution in [3.05, 3.63) is 66.7 Å². The lowest BCUT2D eigenvalue weighted by Gasteiger charge is -2.29. The van der Waals surface area contributed by atoms with Gasteiger partial charge in [0.2, 0.25) is 0 Å². The molecule has 2 heterocycles. The molecule has 0 radical (unpaired) electrons. The number of benzene rings is 3. The Labute approximate surface area is 163 Å². The van der Waals surface area contributed by atoms with E-state index in [1.54, 1.807) is 12.1 Å². The Balaban J connectivity index is 1.45. The van der Waals surface area contributed by atoms with Gasteiger partial charge >= 0.3 is 0 Å². The van der Waals surface area contributed by atoms with Crippen LogP contribution in [0.25, 0.3) is 33.3 Å². The van der Waals surface area contributed by atoms with Crippen LogP contribution in [0.5, 0.6) is 5.75 Å². The fourth-order valence-corrected chi connectivity index (χ4v) is 3.83. The van der Waals surface area contributed by atoms with Crippen LogP contribution in [0.2, 0.25) is 0 Å². The molecule has 1 aromatic heterocycles. The predicted molar refractivity (Wildman–Crippen MR) is 114 cm³/mol. The van der Waals surface area contributed by atoms with Crippen molar-refractivity contribution in [3.63, 3.8) is 0 Å². The minimum Gasteiger partial charge on any atom is -0.508 e. The zero-order valence-corrected chi connectivity index (χ0v) is 15.5. The Kier molecular flexibility index (Phi) is 4.22. The highest BCUT2D eigenvalue weighted by molar-refractivity contribution is 5.95. The smallest absolute Gasteiger partial charge is 0.115 e. The number of anilines is 1. The lowest BCUT2D eigenvalue weighted by molar-refractivity contribution is 0.475. The molecule has 1 aliphatic heterocycles. The van der Waals surface area contributed by atoms with E-state index in [0.29, 0.717) is 0 Å². The molecular weight excluding hydrogens is 348 g/mol. The van der Waals surface area contributed by atoms with Gasteiger partial charge in [0.15, 0.2) is 0 Å². The summed E-state index contributed by atoms with van der Waals surface area (Å²) in [6, 6.07) is 22.2. The Morgan fingerprint density at radius 3 is 2.21 bits per heavy atom. The number of nitrogens with one attached hydrogen (secondary N) is 2. The average Bonchev–Trinajstić information content (AvgIpc) is 3.18. The predicted octanol–water partition coefficient (Wildman–Crippen LogP) is 4.01. The highest BCUT2D eigenvalue weighted by atomic mass is 16.3. The van der Waals surface area contributed by atoms with Gasteiger partial charge in [-0.3, -0.25) is 5.10 Å². The highest BCUT2D eigenvalue weighted by Crippen LogP contribution is 2.31. The molecule has 5 heteroatoms. The van der Waals surface area contributed by atoms with Gasteiger partial charge in [-0.25, -0.2) is 0 Å². The molecule has 0 bridgehead atoms. The summed E-state index contributed by atoms with van der Waals surface area (Å²) in [5.41, 5.74) is 6.51. The third-order valence-corrected chi connectivity index (χ3v) is 5.39. The number of phenolic OH excluding ortho intramolecular Hbond substituents is 1. The molecule has 5 nitrogen and oxygen atoms in total. The van der Waals surface area contributed by atoms with Crippen molar-refractivity contribution in [2.45, 2.75) is 0 Å². The molecule has 1 saturated heterocycles. The van der Waals surface area contributed by atoms with Crippen molar-refractivity contribution in [1.82, 2.24) is 15.5 Å². The summed E-state index contributed by atoms with van der Waals surface area (Å²) in [6.45, 7) is 4.17. The first-order chi connectivity index (χ1) is 13.8. The molecule has 0 aliphatic carbocycles. The zero-order chi connectivity index (χ0) is 18.9. The molecule has 0 unspecified atom stereocenters. The second kappa shape index (κ2) is 7.02. The molecule has 3 N–H and O–H groups in total. The summed E-state index contributed by atoms with van der Waals surface area (Å²) in [6.07, 6.45) is 0. The SMILES string of the molecule is Oc1ccc(-c2ccc3c(-c4ccc(N5CCNCC5)cc4)n[nH]c3c2)cc1. The molecule has 5 rings (SSSR count). The Hall–Kier alpha value is -3.31. The van der Waals surface area contributed by atoms with E-state index in [4.69, 9.17) is 0 Å². The number of aromatic nitrogens is 2. The maximum atomic E-state index is 9.49. The van der Waals surface area contributed by atoms with Crippen LogP contribution in [0.15, 0.2) is 66.7 Å².